The number of imidazole rings is 1. The van der Waals surface area contributed by atoms with Crippen LogP contribution in [0.5, 0.6) is 0 Å². The van der Waals surface area contributed by atoms with E-state index in [-0.39, 0.29) is 17.9 Å². The van der Waals surface area contributed by atoms with Crippen molar-refractivity contribution in [2.45, 2.75) is 50.5 Å². The largest absolute Gasteiger partial charge is 0.382 e. The van der Waals surface area contributed by atoms with Gasteiger partial charge in [0.25, 0.3) is 5.91 Å². The quantitative estimate of drug-likeness (QED) is 0.280. The standard InChI is InChI=1S/C33H32N6O2/c34-31-30-29(25-13-12-23-14-15-26(37-27(23)19-25)22-5-2-1-3-6-22)38-32(39(30)17-16-35-31)24-10-8-21(9-11-24)20-36-33(40)28-7-4-18-41-28/h1-3,5-6,12-17,19-20,24,28H,4,7-11,18H2,(H2,34,35)(H,36,40). The second-order valence-corrected chi connectivity index (χ2v) is 10.9. The Hall–Kier alpha value is -4.56. The third kappa shape index (κ3) is 4.95. The molecule has 3 aromatic heterocycles. The number of rotatable bonds is 5. The summed E-state index contributed by atoms with van der Waals surface area (Å²) in [6, 6.07) is 20.6. The van der Waals surface area contributed by atoms with Gasteiger partial charge in [-0.25, -0.2) is 15.0 Å². The molecule has 2 aromatic carbocycles. The van der Waals surface area contributed by atoms with E-state index in [4.69, 9.17) is 20.4 Å². The van der Waals surface area contributed by atoms with Crippen LogP contribution in [0, 0.1) is 0 Å². The number of ether oxygens (including phenoxy) is 1. The fourth-order valence-electron chi connectivity index (χ4n) is 6.05. The number of nitrogen functional groups attached to an aromatic ring is 1. The Morgan fingerprint density at radius 3 is 2.63 bits per heavy atom. The van der Waals surface area contributed by atoms with Gasteiger partial charge in [0.05, 0.1) is 11.2 Å². The number of aromatic nitrogens is 4. The molecule has 2 fully saturated rings. The number of nitrogens with one attached hydrogen (secondary N) is 1. The van der Waals surface area contributed by atoms with Gasteiger partial charge >= 0.3 is 0 Å². The normalized spacial score (nSPS) is 19.1. The first kappa shape index (κ1) is 25.4. The van der Waals surface area contributed by atoms with Crippen LogP contribution in [0.2, 0.25) is 0 Å². The minimum Gasteiger partial charge on any atom is -0.382 e. The third-order valence-electron chi connectivity index (χ3n) is 8.28. The van der Waals surface area contributed by atoms with E-state index in [0.29, 0.717) is 12.4 Å². The van der Waals surface area contributed by atoms with Crippen molar-refractivity contribution in [2.24, 2.45) is 0 Å². The van der Waals surface area contributed by atoms with Crippen LogP contribution in [-0.4, -0.2) is 38.0 Å². The maximum Gasteiger partial charge on any atom is 0.253 e. The summed E-state index contributed by atoms with van der Waals surface area (Å²) in [5.41, 5.74) is 13.2. The average molecular weight is 545 g/mol. The molecule has 1 saturated carbocycles. The summed E-state index contributed by atoms with van der Waals surface area (Å²) in [5, 5.41) is 4.03. The lowest BCUT2D eigenvalue weighted by molar-refractivity contribution is -0.129. The Balaban J connectivity index is 1.18. The molecule has 2 aliphatic rings. The van der Waals surface area contributed by atoms with Crippen molar-refractivity contribution in [1.29, 1.82) is 0 Å². The van der Waals surface area contributed by atoms with Crippen LogP contribution in [0.25, 0.3) is 38.9 Å². The van der Waals surface area contributed by atoms with Gasteiger partial charge in [-0.2, -0.15) is 0 Å². The van der Waals surface area contributed by atoms with Crippen LogP contribution in [0.1, 0.15) is 50.3 Å². The number of nitrogens with two attached hydrogens (primary N) is 1. The van der Waals surface area contributed by atoms with Crippen LogP contribution in [0.15, 0.2) is 84.8 Å². The number of hydrogen-bond donors (Lipinski definition) is 2. The molecule has 206 valence electrons. The zero-order chi connectivity index (χ0) is 27.8. The summed E-state index contributed by atoms with van der Waals surface area (Å²) in [6.07, 6.45) is 10.7. The maximum absolute atomic E-state index is 12.3. The van der Waals surface area contributed by atoms with E-state index in [2.05, 4.69) is 57.2 Å². The van der Waals surface area contributed by atoms with Gasteiger partial charge in [0.2, 0.25) is 0 Å². The lowest BCUT2D eigenvalue weighted by Gasteiger charge is -2.23. The molecule has 3 N–H and O–H groups in total. The topological polar surface area (TPSA) is 107 Å². The molecule has 4 heterocycles. The van der Waals surface area contributed by atoms with Crippen molar-refractivity contribution in [3.8, 4) is 22.5 Å². The Morgan fingerprint density at radius 2 is 1.83 bits per heavy atom. The molecule has 8 nitrogen and oxygen atoms in total. The maximum atomic E-state index is 12.3. The first-order valence-electron chi connectivity index (χ1n) is 14.3. The second-order valence-electron chi connectivity index (χ2n) is 10.9. The van der Waals surface area contributed by atoms with Gasteiger partial charge in [0.15, 0.2) is 0 Å². The van der Waals surface area contributed by atoms with E-state index >= 15 is 0 Å². The number of nitrogens with zero attached hydrogens (tertiary/aromatic N) is 4. The van der Waals surface area contributed by atoms with E-state index in [9.17, 15) is 4.79 Å². The summed E-state index contributed by atoms with van der Waals surface area (Å²) < 4.78 is 7.60. The van der Waals surface area contributed by atoms with E-state index < -0.39 is 0 Å². The first-order valence-corrected chi connectivity index (χ1v) is 14.3. The first-order chi connectivity index (χ1) is 20.1. The Kier molecular flexibility index (Phi) is 6.68. The third-order valence-corrected chi connectivity index (χ3v) is 8.28. The summed E-state index contributed by atoms with van der Waals surface area (Å²) in [6.45, 7) is 0.668. The molecule has 8 heteroatoms. The molecule has 1 aliphatic carbocycles. The predicted molar refractivity (Wildman–Crippen MR) is 160 cm³/mol. The highest BCUT2D eigenvalue weighted by molar-refractivity contribution is 5.91. The molecule has 41 heavy (non-hydrogen) atoms. The molecule has 1 saturated heterocycles. The van der Waals surface area contributed by atoms with Gasteiger partial charge in [-0.05, 0) is 50.7 Å². The number of allylic oxidation sites excluding steroid dienone is 1. The lowest BCUT2D eigenvalue weighted by atomic mass is 9.85. The number of benzene rings is 2. The fourth-order valence-corrected chi connectivity index (χ4v) is 6.05. The number of fused-ring (bicyclic) bond motifs is 2. The van der Waals surface area contributed by atoms with Crippen molar-refractivity contribution in [2.75, 3.05) is 12.3 Å². The Bertz CT molecular complexity index is 1760. The van der Waals surface area contributed by atoms with Gasteiger partial charge in [-0.1, -0.05) is 54.1 Å². The summed E-state index contributed by atoms with van der Waals surface area (Å²) in [7, 11) is 0. The van der Waals surface area contributed by atoms with Gasteiger partial charge in [0, 0.05) is 47.6 Å². The fraction of sp³-hybridized carbons (Fsp3) is 0.273. The van der Waals surface area contributed by atoms with Gasteiger partial charge in [0.1, 0.15) is 29.0 Å². The molecular formula is C33H32N6O2. The minimum absolute atomic E-state index is 0.0373. The molecule has 5 aromatic rings. The predicted octanol–water partition coefficient (Wildman–Crippen LogP) is 6.03. The summed E-state index contributed by atoms with van der Waals surface area (Å²) in [4.78, 5) is 26.9. The lowest BCUT2D eigenvalue weighted by Crippen LogP contribution is -2.31. The van der Waals surface area contributed by atoms with Crippen molar-refractivity contribution in [1.82, 2.24) is 24.7 Å². The molecule has 1 aliphatic heterocycles. The highest BCUT2D eigenvalue weighted by atomic mass is 16.5. The van der Waals surface area contributed by atoms with Crippen molar-refractivity contribution in [3.05, 3.63) is 90.7 Å². The van der Waals surface area contributed by atoms with E-state index in [1.54, 1.807) is 6.20 Å². The molecule has 7 rings (SSSR count). The number of carbonyl (C=O) groups excluding carboxylic acids is 1. The number of hydrogen-bond acceptors (Lipinski definition) is 6. The van der Waals surface area contributed by atoms with Gasteiger partial charge in [-0.3, -0.25) is 9.20 Å². The van der Waals surface area contributed by atoms with Crippen LogP contribution in [0.3, 0.4) is 0 Å². The monoisotopic (exact) mass is 544 g/mol. The molecule has 1 unspecified atom stereocenters. The van der Waals surface area contributed by atoms with Crippen LogP contribution >= 0.6 is 0 Å². The van der Waals surface area contributed by atoms with Crippen LogP contribution in [-0.2, 0) is 9.53 Å². The van der Waals surface area contributed by atoms with Crippen molar-refractivity contribution >= 4 is 28.1 Å². The summed E-state index contributed by atoms with van der Waals surface area (Å²) >= 11 is 0. The number of carbonyl (C=O) groups is 1. The van der Waals surface area contributed by atoms with Gasteiger partial charge in [-0.15, -0.1) is 0 Å². The smallest absolute Gasteiger partial charge is 0.253 e. The Morgan fingerprint density at radius 1 is 1.00 bits per heavy atom. The second kappa shape index (κ2) is 10.8. The van der Waals surface area contributed by atoms with E-state index in [0.717, 1.165) is 83.3 Å². The van der Waals surface area contributed by atoms with E-state index in [1.807, 2.05) is 30.6 Å². The molecule has 0 bridgehead atoms. The molecular weight excluding hydrogens is 512 g/mol. The zero-order valence-electron chi connectivity index (χ0n) is 22.8. The zero-order valence-corrected chi connectivity index (χ0v) is 22.8. The van der Waals surface area contributed by atoms with Crippen LogP contribution in [0.4, 0.5) is 5.82 Å². The Labute approximate surface area is 238 Å². The number of amides is 1. The molecule has 0 radical (unpaired) electrons. The minimum atomic E-state index is -0.313. The van der Waals surface area contributed by atoms with Gasteiger partial charge < -0.3 is 15.8 Å². The average Bonchev–Trinajstić information content (AvgIpc) is 3.70. The number of anilines is 1. The molecule has 1 amide bonds. The number of pyridine rings is 1. The highest BCUT2D eigenvalue weighted by Crippen LogP contribution is 2.38. The molecule has 1 atom stereocenters. The van der Waals surface area contributed by atoms with E-state index in [1.165, 1.54) is 5.57 Å². The molecule has 0 spiro atoms. The van der Waals surface area contributed by atoms with Crippen LogP contribution < -0.4 is 11.1 Å². The van der Waals surface area contributed by atoms with Crippen molar-refractivity contribution < 1.29 is 9.53 Å². The highest BCUT2D eigenvalue weighted by Gasteiger charge is 2.27. The SMILES string of the molecule is Nc1nccn2c(C3CCC(=CNC(=O)C4CCCO4)CC3)nc(-c3ccc4ccc(-c5ccccc5)nc4c3)c12. The van der Waals surface area contributed by atoms with Crippen molar-refractivity contribution in [3.63, 3.8) is 0 Å². The summed E-state index contributed by atoms with van der Waals surface area (Å²) in [5.74, 6) is 1.69.